The van der Waals surface area contributed by atoms with E-state index >= 15 is 0 Å². The molecule has 122 valence electrons. The van der Waals surface area contributed by atoms with Crippen molar-refractivity contribution < 1.29 is 9.90 Å². The van der Waals surface area contributed by atoms with Crippen molar-refractivity contribution in [2.24, 2.45) is 4.99 Å². The summed E-state index contributed by atoms with van der Waals surface area (Å²) < 4.78 is 0.745. The van der Waals surface area contributed by atoms with E-state index in [2.05, 4.69) is 39.8 Å². The number of thioether (sulfide) groups is 1. The lowest BCUT2D eigenvalue weighted by atomic mass is 10.1. The number of amidine groups is 1. The highest BCUT2D eigenvalue weighted by atomic mass is 127. The van der Waals surface area contributed by atoms with Gasteiger partial charge in [-0.1, -0.05) is 12.1 Å². The zero-order valence-electron chi connectivity index (χ0n) is 13.1. The van der Waals surface area contributed by atoms with E-state index in [1.807, 2.05) is 31.2 Å². The second-order valence-electron chi connectivity index (χ2n) is 5.46. The van der Waals surface area contributed by atoms with Gasteiger partial charge in [-0.15, -0.1) is 0 Å². The van der Waals surface area contributed by atoms with Crippen molar-refractivity contribution in [1.82, 2.24) is 5.32 Å². The van der Waals surface area contributed by atoms with Crippen molar-refractivity contribution in [3.8, 4) is 5.75 Å². The molecule has 0 atom stereocenters. The van der Waals surface area contributed by atoms with Crippen molar-refractivity contribution in [3.05, 3.63) is 61.6 Å². The lowest BCUT2D eigenvalue weighted by Gasteiger charge is -2.01. The first-order valence-corrected chi connectivity index (χ1v) is 9.17. The highest BCUT2D eigenvalue weighted by Crippen LogP contribution is 2.29. The molecule has 1 aliphatic rings. The summed E-state index contributed by atoms with van der Waals surface area (Å²) in [5.74, 6) is 0.0731. The normalized spacial score (nSPS) is 17.5. The molecule has 2 N–H and O–H groups in total. The monoisotopic (exact) mass is 450 g/mol. The predicted molar refractivity (Wildman–Crippen MR) is 108 cm³/mol. The molecule has 1 aliphatic heterocycles. The highest BCUT2D eigenvalue weighted by molar-refractivity contribution is 14.1. The molecule has 3 rings (SSSR count). The maximum absolute atomic E-state index is 12.1. The maximum Gasteiger partial charge on any atom is 0.264 e. The Bertz CT molecular complexity index is 891. The average molecular weight is 450 g/mol. The fraction of sp³-hybridized carbons (Fsp3) is 0.111. The molecule has 0 bridgehead atoms. The molecule has 0 spiro atoms. The number of hydrogen-bond donors (Lipinski definition) is 2. The Kier molecular flexibility index (Phi) is 4.96. The first-order chi connectivity index (χ1) is 11.4. The molecule has 0 aliphatic carbocycles. The predicted octanol–water partition coefficient (Wildman–Crippen LogP) is 4.51. The third-order valence-electron chi connectivity index (χ3n) is 3.64. The Morgan fingerprint density at radius 1 is 1.17 bits per heavy atom. The van der Waals surface area contributed by atoms with Gasteiger partial charge in [0, 0.05) is 0 Å². The van der Waals surface area contributed by atoms with E-state index < -0.39 is 0 Å². The average Bonchev–Trinajstić information content (AvgIpc) is 2.86. The van der Waals surface area contributed by atoms with E-state index in [-0.39, 0.29) is 11.7 Å². The lowest BCUT2D eigenvalue weighted by molar-refractivity contribution is -0.115. The standard InChI is InChI=1S/C18H15IN2O2S/c1-10-3-5-13(7-11(10)2)20-18-21-17(23)16(24-18)9-12-4-6-15(22)14(19)8-12/h3-9,22H,1-2H3,(H,20,21,23)/b16-9-. The Morgan fingerprint density at radius 2 is 1.96 bits per heavy atom. The van der Waals surface area contributed by atoms with Gasteiger partial charge in [-0.3, -0.25) is 4.79 Å². The molecule has 1 heterocycles. The van der Waals surface area contributed by atoms with Gasteiger partial charge in [0.15, 0.2) is 5.17 Å². The summed E-state index contributed by atoms with van der Waals surface area (Å²) in [5, 5.41) is 12.9. The number of phenolic OH excluding ortho intramolecular Hbond substituents is 1. The van der Waals surface area contributed by atoms with Crippen LogP contribution in [0.5, 0.6) is 5.75 Å². The number of aryl methyl sites for hydroxylation is 2. The fourth-order valence-electron chi connectivity index (χ4n) is 2.16. The number of halogens is 1. The van der Waals surface area contributed by atoms with E-state index in [1.165, 1.54) is 22.9 Å². The summed E-state index contributed by atoms with van der Waals surface area (Å²) in [6.07, 6.45) is 1.80. The molecule has 0 radical (unpaired) electrons. The smallest absolute Gasteiger partial charge is 0.264 e. The topological polar surface area (TPSA) is 61.7 Å². The Hall–Kier alpha value is -1.80. The zero-order chi connectivity index (χ0) is 17.3. The van der Waals surface area contributed by atoms with Crippen LogP contribution in [0.4, 0.5) is 5.69 Å². The van der Waals surface area contributed by atoms with Gasteiger partial charge in [0.05, 0.1) is 14.2 Å². The largest absolute Gasteiger partial charge is 0.507 e. The lowest BCUT2D eigenvalue weighted by Crippen LogP contribution is -2.19. The minimum Gasteiger partial charge on any atom is -0.507 e. The van der Waals surface area contributed by atoms with E-state index in [0.717, 1.165) is 14.8 Å². The maximum atomic E-state index is 12.1. The molecular formula is C18H15IN2O2S. The molecule has 0 aromatic heterocycles. The highest BCUT2D eigenvalue weighted by Gasteiger charge is 2.23. The molecule has 1 fully saturated rings. The van der Waals surface area contributed by atoms with Gasteiger partial charge in [0.25, 0.3) is 5.91 Å². The molecule has 1 saturated heterocycles. The number of hydrogen-bond acceptors (Lipinski definition) is 4. The van der Waals surface area contributed by atoms with Crippen LogP contribution in [0.2, 0.25) is 0 Å². The molecule has 1 amide bonds. The van der Waals surface area contributed by atoms with Crippen molar-refractivity contribution in [1.29, 1.82) is 0 Å². The molecule has 0 unspecified atom stereocenters. The SMILES string of the molecule is Cc1ccc(N=C2NC(=O)/C(=C/c3ccc(O)c(I)c3)S2)cc1C. The van der Waals surface area contributed by atoms with Crippen LogP contribution < -0.4 is 5.32 Å². The van der Waals surface area contributed by atoms with Gasteiger partial charge in [-0.25, -0.2) is 4.99 Å². The van der Waals surface area contributed by atoms with Crippen LogP contribution in [-0.4, -0.2) is 16.2 Å². The zero-order valence-corrected chi connectivity index (χ0v) is 16.1. The first-order valence-electron chi connectivity index (χ1n) is 7.28. The molecule has 2 aromatic rings. The molecule has 0 saturated carbocycles. The number of benzene rings is 2. The number of nitrogens with zero attached hydrogens (tertiary/aromatic N) is 1. The van der Waals surface area contributed by atoms with Gasteiger partial charge in [-0.05, 0) is 95.2 Å². The Morgan fingerprint density at radius 3 is 2.67 bits per heavy atom. The minimum absolute atomic E-state index is 0.161. The summed E-state index contributed by atoms with van der Waals surface area (Å²) in [7, 11) is 0. The first kappa shape index (κ1) is 17.0. The number of phenols is 1. The van der Waals surface area contributed by atoms with Gasteiger partial charge < -0.3 is 10.4 Å². The molecular weight excluding hydrogens is 435 g/mol. The summed E-state index contributed by atoms with van der Waals surface area (Å²) in [5.41, 5.74) is 4.06. The summed E-state index contributed by atoms with van der Waals surface area (Å²) in [6, 6.07) is 11.2. The Labute approximate surface area is 158 Å². The fourth-order valence-corrected chi connectivity index (χ4v) is 3.54. The second kappa shape index (κ2) is 6.98. The number of nitrogens with one attached hydrogen (secondary N) is 1. The van der Waals surface area contributed by atoms with E-state index in [1.54, 1.807) is 18.2 Å². The van der Waals surface area contributed by atoms with E-state index in [9.17, 15) is 9.90 Å². The van der Waals surface area contributed by atoms with Crippen molar-refractivity contribution in [3.63, 3.8) is 0 Å². The summed E-state index contributed by atoms with van der Waals surface area (Å²) in [6.45, 7) is 4.09. The van der Waals surface area contributed by atoms with Crippen LogP contribution in [0.15, 0.2) is 46.3 Å². The van der Waals surface area contributed by atoms with Crippen LogP contribution in [-0.2, 0) is 4.79 Å². The Balaban J connectivity index is 1.84. The number of aliphatic imine (C=N–C) groups is 1. The number of rotatable bonds is 2. The van der Waals surface area contributed by atoms with Gasteiger partial charge in [-0.2, -0.15) is 0 Å². The molecule has 2 aromatic carbocycles. The molecule has 4 nitrogen and oxygen atoms in total. The van der Waals surface area contributed by atoms with Crippen LogP contribution in [0.3, 0.4) is 0 Å². The van der Waals surface area contributed by atoms with Crippen LogP contribution in [0, 0.1) is 17.4 Å². The van der Waals surface area contributed by atoms with Crippen molar-refractivity contribution in [2.45, 2.75) is 13.8 Å². The van der Waals surface area contributed by atoms with Gasteiger partial charge in [0.1, 0.15) is 5.75 Å². The van der Waals surface area contributed by atoms with Crippen molar-refractivity contribution >= 4 is 57.2 Å². The minimum atomic E-state index is -0.161. The van der Waals surface area contributed by atoms with Crippen molar-refractivity contribution in [2.75, 3.05) is 0 Å². The van der Waals surface area contributed by atoms with Crippen LogP contribution >= 0.6 is 34.4 Å². The summed E-state index contributed by atoms with van der Waals surface area (Å²) in [4.78, 5) is 17.2. The van der Waals surface area contributed by atoms with E-state index in [0.29, 0.717) is 10.1 Å². The van der Waals surface area contributed by atoms with Gasteiger partial charge in [0.2, 0.25) is 0 Å². The van der Waals surface area contributed by atoms with E-state index in [4.69, 9.17) is 0 Å². The molecule has 24 heavy (non-hydrogen) atoms. The van der Waals surface area contributed by atoms with Gasteiger partial charge >= 0.3 is 0 Å². The second-order valence-corrected chi connectivity index (χ2v) is 7.65. The van der Waals surface area contributed by atoms with Crippen LogP contribution in [0.1, 0.15) is 16.7 Å². The van der Waals surface area contributed by atoms with Crippen LogP contribution in [0.25, 0.3) is 6.08 Å². The number of carbonyl (C=O) groups is 1. The molecule has 6 heteroatoms. The number of aromatic hydroxyl groups is 1. The third-order valence-corrected chi connectivity index (χ3v) is 5.42. The quantitative estimate of drug-likeness (QED) is 0.523. The number of carbonyl (C=O) groups excluding carboxylic acids is 1. The third kappa shape index (κ3) is 3.81. The summed E-state index contributed by atoms with van der Waals surface area (Å²) >= 11 is 3.37. The number of amides is 1.